The zero-order valence-corrected chi connectivity index (χ0v) is 16.4. The fourth-order valence-electron chi connectivity index (χ4n) is 3.52. The fraction of sp³-hybridized carbons (Fsp3) is 0.174. The highest BCUT2D eigenvalue weighted by atomic mass is 19.4. The molecule has 0 aliphatic carbocycles. The van der Waals surface area contributed by atoms with Crippen LogP contribution in [0.4, 0.5) is 17.6 Å². The van der Waals surface area contributed by atoms with Gasteiger partial charge in [-0.3, -0.25) is 14.6 Å². The van der Waals surface area contributed by atoms with Gasteiger partial charge in [0.15, 0.2) is 5.78 Å². The molecule has 0 unspecified atom stereocenters. The van der Waals surface area contributed by atoms with E-state index in [0.717, 1.165) is 12.1 Å². The summed E-state index contributed by atoms with van der Waals surface area (Å²) in [6.45, 7) is 0. The van der Waals surface area contributed by atoms with Gasteiger partial charge < -0.3 is 9.47 Å². The lowest BCUT2D eigenvalue weighted by molar-refractivity contribution is -0.274. The molecule has 0 radical (unpaired) electrons. The van der Waals surface area contributed by atoms with Crippen molar-refractivity contribution >= 4 is 11.8 Å². The SMILES string of the molecule is O=C1Cc2ccc(C(=O)C[C@@H](c3ccc(OC(F)(F)F)cc3)c3ncccc3F)cc2O1. The molecule has 2 heterocycles. The summed E-state index contributed by atoms with van der Waals surface area (Å²) in [7, 11) is 0. The molecule has 0 N–H and O–H groups in total. The summed E-state index contributed by atoms with van der Waals surface area (Å²) in [5.41, 5.74) is 1.30. The van der Waals surface area contributed by atoms with Gasteiger partial charge in [0.25, 0.3) is 0 Å². The highest BCUT2D eigenvalue weighted by Crippen LogP contribution is 2.33. The van der Waals surface area contributed by atoms with E-state index < -0.39 is 29.8 Å². The maximum atomic E-state index is 14.5. The number of ether oxygens (including phenoxy) is 2. The summed E-state index contributed by atoms with van der Waals surface area (Å²) >= 11 is 0. The van der Waals surface area contributed by atoms with Crippen LogP contribution >= 0.6 is 0 Å². The van der Waals surface area contributed by atoms with Crippen LogP contribution in [0.1, 0.15) is 39.5 Å². The van der Waals surface area contributed by atoms with Crippen molar-refractivity contribution in [3.8, 4) is 11.5 Å². The van der Waals surface area contributed by atoms with E-state index in [1.165, 1.54) is 36.5 Å². The summed E-state index contributed by atoms with van der Waals surface area (Å²) in [5, 5.41) is 0. The number of esters is 1. The summed E-state index contributed by atoms with van der Waals surface area (Å²) in [6.07, 6.45) is -3.56. The van der Waals surface area contributed by atoms with Crippen LogP contribution in [0, 0.1) is 5.82 Å². The highest BCUT2D eigenvalue weighted by molar-refractivity contribution is 5.98. The predicted octanol–water partition coefficient (Wildman–Crippen LogP) is 4.99. The van der Waals surface area contributed by atoms with Crippen molar-refractivity contribution in [1.82, 2.24) is 4.98 Å². The van der Waals surface area contributed by atoms with Crippen LogP contribution in [0.2, 0.25) is 0 Å². The molecule has 0 fully saturated rings. The molecule has 1 aliphatic rings. The summed E-state index contributed by atoms with van der Waals surface area (Å²) < 4.78 is 60.8. The molecule has 1 aliphatic heterocycles. The first-order valence-corrected chi connectivity index (χ1v) is 9.52. The Balaban J connectivity index is 1.64. The van der Waals surface area contributed by atoms with E-state index >= 15 is 0 Å². The van der Waals surface area contributed by atoms with Crippen molar-refractivity contribution in [2.75, 3.05) is 0 Å². The first-order valence-electron chi connectivity index (χ1n) is 9.52. The standard InChI is InChI=1S/C23H15F4NO4/c24-18-2-1-9-28-22(18)17(13-5-7-16(8-6-13)32-23(25,26)27)12-19(29)14-3-4-15-11-21(30)31-20(15)10-14/h1-10,17H,11-12H2/t17-/m0/s1. The van der Waals surface area contributed by atoms with Gasteiger partial charge >= 0.3 is 12.3 Å². The van der Waals surface area contributed by atoms with Crippen molar-refractivity contribution in [1.29, 1.82) is 0 Å². The Bertz CT molecular complexity index is 1180. The number of ketones is 1. The minimum Gasteiger partial charge on any atom is -0.426 e. The molecule has 0 amide bonds. The smallest absolute Gasteiger partial charge is 0.426 e. The molecule has 1 atom stereocenters. The second-order valence-corrected chi connectivity index (χ2v) is 7.14. The lowest BCUT2D eigenvalue weighted by Crippen LogP contribution is -2.17. The molecule has 0 saturated carbocycles. The monoisotopic (exact) mass is 445 g/mol. The fourth-order valence-corrected chi connectivity index (χ4v) is 3.52. The maximum Gasteiger partial charge on any atom is 0.573 e. The Morgan fingerprint density at radius 3 is 2.56 bits per heavy atom. The van der Waals surface area contributed by atoms with Crippen LogP contribution < -0.4 is 9.47 Å². The van der Waals surface area contributed by atoms with Gasteiger partial charge in [-0.25, -0.2) is 4.39 Å². The minimum atomic E-state index is -4.85. The van der Waals surface area contributed by atoms with E-state index in [1.807, 2.05) is 0 Å². The number of benzene rings is 2. The van der Waals surface area contributed by atoms with E-state index in [9.17, 15) is 27.2 Å². The zero-order chi connectivity index (χ0) is 22.9. The number of rotatable bonds is 6. The summed E-state index contributed by atoms with van der Waals surface area (Å²) in [6, 6.07) is 12.1. The number of carbonyl (C=O) groups excluding carboxylic acids is 2. The molecule has 4 rings (SSSR count). The molecule has 3 aromatic rings. The van der Waals surface area contributed by atoms with Gasteiger partial charge in [-0.2, -0.15) is 0 Å². The topological polar surface area (TPSA) is 65.5 Å². The second-order valence-electron chi connectivity index (χ2n) is 7.14. The number of halogens is 4. The van der Waals surface area contributed by atoms with Gasteiger partial charge in [0.05, 0.1) is 12.1 Å². The van der Waals surface area contributed by atoms with E-state index in [4.69, 9.17) is 4.74 Å². The van der Waals surface area contributed by atoms with Crippen molar-refractivity contribution in [3.05, 3.63) is 89.0 Å². The van der Waals surface area contributed by atoms with E-state index in [0.29, 0.717) is 16.9 Å². The lowest BCUT2D eigenvalue weighted by atomic mass is 9.88. The number of hydrogen-bond acceptors (Lipinski definition) is 5. The zero-order valence-electron chi connectivity index (χ0n) is 16.4. The normalized spacial score (nSPS) is 13.9. The van der Waals surface area contributed by atoms with Gasteiger partial charge in [-0.05, 0) is 35.9 Å². The van der Waals surface area contributed by atoms with Crippen molar-refractivity contribution in [2.45, 2.75) is 25.1 Å². The number of nitrogens with zero attached hydrogens (tertiary/aromatic N) is 1. The number of fused-ring (bicyclic) bond motifs is 1. The molecule has 32 heavy (non-hydrogen) atoms. The largest absolute Gasteiger partial charge is 0.573 e. The third-order valence-corrected chi connectivity index (χ3v) is 4.97. The Morgan fingerprint density at radius 1 is 1.12 bits per heavy atom. The first-order chi connectivity index (χ1) is 15.2. The molecular formula is C23H15F4NO4. The van der Waals surface area contributed by atoms with Gasteiger partial charge in [0.2, 0.25) is 0 Å². The maximum absolute atomic E-state index is 14.5. The number of aromatic nitrogens is 1. The van der Waals surface area contributed by atoms with Crippen molar-refractivity contribution in [3.63, 3.8) is 0 Å². The van der Waals surface area contributed by atoms with Crippen LogP contribution in [-0.4, -0.2) is 23.1 Å². The molecule has 1 aromatic heterocycles. The molecule has 2 aromatic carbocycles. The second kappa shape index (κ2) is 8.41. The van der Waals surface area contributed by atoms with Gasteiger partial charge in [0, 0.05) is 29.7 Å². The number of pyridine rings is 1. The lowest BCUT2D eigenvalue weighted by Gasteiger charge is -2.18. The molecular weight excluding hydrogens is 430 g/mol. The average Bonchev–Trinajstić information content (AvgIpc) is 3.11. The number of hydrogen-bond donors (Lipinski definition) is 0. The molecule has 0 bridgehead atoms. The van der Waals surface area contributed by atoms with Gasteiger partial charge in [0.1, 0.15) is 17.3 Å². The summed E-state index contributed by atoms with van der Waals surface area (Å²) in [5.74, 6) is -2.44. The Morgan fingerprint density at radius 2 is 1.88 bits per heavy atom. The molecule has 0 saturated heterocycles. The van der Waals surface area contributed by atoms with E-state index in [1.54, 1.807) is 12.1 Å². The van der Waals surface area contributed by atoms with Crippen LogP contribution in [0.3, 0.4) is 0 Å². The number of carbonyl (C=O) groups is 2. The van der Waals surface area contributed by atoms with Gasteiger partial charge in [-0.1, -0.05) is 24.3 Å². The van der Waals surface area contributed by atoms with Crippen LogP contribution in [-0.2, 0) is 11.2 Å². The third-order valence-electron chi connectivity index (χ3n) is 4.97. The Hall–Kier alpha value is -3.75. The number of alkyl halides is 3. The third kappa shape index (κ3) is 4.77. The first kappa shape index (κ1) is 21.5. The minimum absolute atomic E-state index is 0.0158. The van der Waals surface area contributed by atoms with Crippen LogP contribution in [0.5, 0.6) is 11.5 Å². The molecule has 9 heteroatoms. The van der Waals surface area contributed by atoms with Crippen LogP contribution in [0.25, 0.3) is 0 Å². The predicted molar refractivity (Wildman–Crippen MR) is 104 cm³/mol. The Labute approximate surface area is 179 Å². The van der Waals surface area contributed by atoms with Crippen molar-refractivity contribution < 1.29 is 36.6 Å². The molecule has 5 nitrogen and oxygen atoms in total. The highest BCUT2D eigenvalue weighted by Gasteiger charge is 2.31. The van der Waals surface area contributed by atoms with E-state index in [2.05, 4.69) is 9.72 Å². The van der Waals surface area contributed by atoms with Crippen molar-refractivity contribution in [2.24, 2.45) is 0 Å². The summed E-state index contributed by atoms with van der Waals surface area (Å²) in [4.78, 5) is 28.5. The molecule has 164 valence electrons. The van der Waals surface area contributed by atoms with Gasteiger partial charge in [-0.15, -0.1) is 13.2 Å². The Kier molecular flexibility index (Phi) is 5.65. The van der Waals surface area contributed by atoms with Crippen LogP contribution in [0.15, 0.2) is 60.8 Å². The quantitative estimate of drug-likeness (QED) is 0.232. The average molecular weight is 445 g/mol. The molecule has 0 spiro atoms. The van der Waals surface area contributed by atoms with E-state index in [-0.39, 0.29) is 29.9 Å². The number of Topliss-reactive ketones (excluding diaryl/α,β-unsaturated/α-hetero) is 1.